The number of pyridine rings is 1. The minimum absolute atomic E-state index is 0.00741. The van der Waals surface area contributed by atoms with Crippen LogP contribution in [-0.4, -0.2) is 14.1 Å². The highest BCUT2D eigenvalue weighted by Gasteiger charge is 2.25. The molecule has 3 heterocycles. The minimum atomic E-state index is -0.487. The molecule has 0 fully saturated rings. The van der Waals surface area contributed by atoms with E-state index in [1.807, 2.05) is 63.7 Å². The Morgan fingerprint density at radius 3 is 2.08 bits per heavy atom. The molecule has 65 heavy (non-hydrogen) atoms. The maximum atomic E-state index is 9.41. The zero-order valence-corrected chi connectivity index (χ0v) is 37.9. The highest BCUT2D eigenvalue weighted by molar-refractivity contribution is 6.09. The van der Waals surface area contributed by atoms with Crippen LogP contribution in [0.5, 0.6) is 11.5 Å². The summed E-state index contributed by atoms with van der Waals surface area (Å²) >= 11 is 0. The van der Waals surface area contributed by atoms with Crippen LogP contribution in [0.15, 0.2) is 176 Å². The second-order valence-corrected chi connectivity index (χ2v) is 19.1. The molecule has 0 aliphatic rings. The fraction of sp³-hybridized carbons (Fsp3) is 0.200. The van der Waals surface area contributed by atoms with E-state index in [2.05, 4.69) is 84.9 Å². The van der Waals surface area contributed by atoms with Gasteiger partial charge in [0.2, 0.25) is 0 Å². The van der Waals surface area contributed by atoms with Gasteiger partial charge in [0.1, 0.15) is 17.3 Å². The van der Waals surface area contributed by atoms with E-state index in [0.717, 1.165) is 34.2 Å². The van der Waals surface area contributed by atoms with Crippen LogP contribution in [0.1, 0.15) is 87.2 Å². The Labute approximate surface area is 398 Å². The van der Waals surface area contributed by atoms with Gasteiger partial charge in [0.25, 0.3) is 6.33 Å². The fourth-order valence-electron chi connectivity index (χ4n) is 8.52. The minimum Gasteiger partial charge on any atom is -0.458 e. The molecule has 10 aromatic rings. The van der Waals surface area contributed by atoms with Gasteiger partial charge in [0.15, 0.2) is 0 Å². The Balaban J connectivity index is 1.18. The second-order valence-electron chi connectivity index (χ2n) is 19.1. The highest BCUT2D eigenvalue weighted by Crippen LogP contribution is 2.40. The first-order valence-electron chi connectivity index (χ1n) is 27.5. The van der Waals surface area contributed by atoms with Gasteiger partial charge in [-0.2, -0.15) is 0 Å². The van der Waals surface area contributed by atoms with Crippen molar-refractivity contribution in [3.8, 4) is 50.9 Å². The van der Waals surface area contributed by atoms with E-state index in [9.17, 15) is 5.48 Å². The Morgan fingerprint density at radius 2 is 1.32 bits per heavy atom. The summed E-state index contributed by atoms with van der Waals surface area (Å²) in [6, 6.07) is 28.3. The summed E-state index contributed by atoms with van der Waals surface area (Å²) in [6.07, 6.45) is 6.00. The van der Waals surface area contributed by atoms with Gasteiger partial charge >= 0.3 is 0 Å². The van der Waals surface area contributed by atoms with Gasteiger partial charge in [-0.25, -0.2) is 4.98 Å². The number of hydrogen-bond donors (Lipinski definition) is 0. The lowest BCUT2D eigenvalue weighted by atomic mass is 9.78. The first-order chi connectivity index (χ1) is 35.9. The van der Waals surface area contributed by atoms with Crippen molar-refractivity contribution in [3.05, 3.63) is 199 Å². The number of hydrogen-bond acceptors (Lipinski definition) is 2. The monoisotopic (exact) mass is 860 g/mol. The molecule has 322 valence electrons. The van der Waals surface area contributed by atoms with Gasteiger partial charge < -0.3 is 4.74 Å². The van der Waals surface area contributed by atoms with Gasteiger partial charge in [-0.1, -0.05) is 170 Å². The molecule has 3 aromatic heterocycles. The molecule has 0 saturated carbocycles. The summed E-state index contributed by atoms with van der Waals surface area (Å²) in [5.74, 6) is 1.03. The molecule has 0 aliphatic carbocycles. The molecule has 0 atom stereocenters. The van der Waals surface area contributed by atoms with Crippen LogP contribution >= 0.6 is 0 Å². The number of benzene rings is 7. The number of para-hydroxylation sites is 4. The molecule has 0 bridgehead atoms. The number of imidazole rings is 1. The summed E-state index contributed by atoms with van der Waals surface area (Å²) in [5, 5.41) is 0.283. The van der Waals surface area contributed by atoms with E-state index >= 15 is 0 Å². The standard InChI is InChI=1S/C60H56N4O/c1-40(2)32-41-30-31-61-57(33-41)64-53-25-13-12-22-51(53)52-29-28-48(38-56(52)64)65-47-21-16-20-46(37-47)62-39-63(55-27-15-14-26-54(55)62)58-49(42-18-10-9-11-19-42)23-17-24-50(58)43-34-44(59(3,4)5)36-45(35-43)60(6,7)8/h9-31,33-38,40H,32H2,1-8H3/i9D,10D,11D,12D,13D,18D,19D,22D,25D,28D,29D. The average Bonchev–Trinajstić information content (AvgIpc) is 3.95. The lowest BCUT2D eigenvalue weighted by molar-refractivity contribution is -0.571. The number of aromatic nitrogens is 4. The van der Waals surface area contributed by atoms with Gasteiger partial charge in [0.05, 0.1) is 48.5 Å². The third-order valence-electron chi connectivity index (χ3n) is 11.8. The third kappa shape index (κ3) is 8.01. The largest absolute Gasteiger partial charge is 0.458 e. The topological polar surface area (TPSA) is 35.9 Å². The Hall–Kier alpha value is -7.24. The van der Waals surface area contributed by atoms with E-state index in [1.54, 1.807) is 41.1 Å². The van der Waals surface area contributed by atoms with E-state index in [4.69, 9.17) is 14.3 Å². The fourth-order valence-corrected chi connectivity index (χ4v) is 8.52. The molecule has 0 saturated heterocycles. The summed E-state index contributed by atoms with van der Waals surface area (Å²) in [4.78, 5) is 4.67. The van der Waals surface area contributed by atoms with Crippen molar-refractivity contribution in [3.63, 3.8) is 0 Å². The molecule has 5 nitrogen and oxygen atoms in total. The number of fused-ring (bicyclic) bond motifs is 4. The average molecular weight is 860 g/mol. The maximum absolute atomic E-state index is 9.41. The Kier molecular flexibility index (Phi) is 7.76. The normalized spacial score (nSPS) is 14.6. The van der Waals surface area contributed by atoms with Crippen molar-refractivity contribution in [2.45, 2.75) is 72.6 Å². The molecule has 0 spiro atoms. The maximum Gasteiger partial charge on any atom is 0.269 e. The molecule has 5 heteroatoms. The summed E-state index contributed by atoms with van der Waals surface area (Å²) in [5.41, 5.74) is 7.82. The summed E-state index contributed by atoms with van der Waals surface area (Å²) < 4.78 is 110. The van der Waals surface area contributed by atoms with Crippen molar-refractivity contribution in [1.29, 1.82) is 0 Å². The van der Waals surface area contributed by atoms with E-state index in [0.29, 0.717) is 51.0 Å². The third-order valence-corrected chi connectivity index (χ3v) is 11.8. The van der Waals surface area contributed by atoms with E-state index in [-0.39, 0.29) is 74.7 Å². The molecule has 0 radical (unpaired) electrons. The van der Waals surface area contributed by atoms with Crippen molar-refractivity contribution in [2.24, 2.45) is 5.92 Å². The molecular weight excluding hydrogens is 793 g/mol. The Bertz CT molecular complexity index is 3970. The van der Waals surface area contributed by atoms with Crippen LogP contribution in [0.25, 0.3) is 72.3 Å². The number of ether oxygens (including phenoxy) is 1. The first kappa shape index (κ1) is 30.8. The second kappa shape index (κ2) is 16.4. The van der Waals surface area contributed by atoms with Gasteiger partial charge in [-0.05, 0) is 111 Å². The van der Waals surface area contributed by atoms with Crippen molar-refractivity contribution >= 4 is 32.8 Å². The predicted octanol–water partition coefficient (Wildman–Crippen LogP) is 15.1. The first-order valence-corrected chi connectivity index (χ1v) is 22.0. The lowest BCUT2D eigenvalue weighted by Crippen LogP contribution is -2.31. The van der Waals surface area contributed by atoms with Gasteiger partial charge in [-0.15, -0.1) is 0 Å². The number of nitrogens with zero attached hydrogens (tertiary/aromatic N) is 4. The van der Waals surface area contributed by atoms with E-state index in [1.165, 1.54) is 0 Å². The van der Waals surface area contributed by atoms with Crippen molar-refractivity contribution < 1.29 is 24.4 Å². The zero-order chi connectivity index (χ0) is 54.6. The molecule has 0 unspecified atom stereocenters. The molecule has 0 aliphatic heterocycles. The molecular formula is C60H56N4O. The van der Waals surface area contributed by atoms with Crippen LogP contribution in [-0.2, 0) is 17.3 Å². The predicted molar refractivity (Wildman–Crippen MR) is 269 cm³/mol. The van der Waals surface area contributed by atoms with Gasteiger partial charge in [-0.3, -0.25) is 13.7 Å². The van der Waals surface area contributed by atoms with E-state index < -0.39 is 30.2 Å². The quantitative estimate of drug-likeness (QED) is 0.107. The molecule has 10 rings (SSSR count). The highest BCUT2D eigenvalue weighted by atomic mass is 16.5. The zero-order valence-electron chi connectivity index (χ0n) is 48.9. The van der Waals surface area contributed by atoms with Crippen molar-refractivity contribution in [1.82, 2.24) is 14.1 Å². The molecule has 7 aromatic carbocycles. The molecule has 0 amide bonds. The van der Waals surface area contributed by atoms with Crippen LogP contribution in [0.2, 0.25) is 0 Å². The summed E-state index contributed by atoms with van der Waals surface area (Å²) in [7, 11) is 0. The van der Waals surface area contributed by atoms with Crippen LogP contribution in [0.3, 0.4) is 0 Å². The van der Waals surface area contributed by atoms with Gasteiger partial charge in [0, 0.05) is 23.0 Å². The number of rotatable bonds is 9. The summed E-state index contributed by atoms with van der Waals surface area (Å²) in [6.45, 7) is 17.2. The van der Waals surface area contributed by atoms with Crippen molar-refractivity contribution in [2.75, 3.05) is 0 Å². The molecule has 0 N–H and O–H groups in total. The van der Waals surface area contributed by atoms with Crippen LogP contribution in [0.4, 0.5) is 0 Å². The SMILES string of the molecule is [2H]c1c([2H])c([2H])c(-c2cccc(-c3cc(C(C)(C)C)cc(C(C)(C)C)c3)c2-[n+]2[c-]n(-c3cccc(Oc4cc5c(c([2H])c4[2H])c4c([2H])c([2H])c([2H])c([2H])c4n5-c4cc(CC(C)C)ccn4)c3)c3ccccc32)c([2H])c1[2H]. The van der Waals surface area contributed by atoms with Crippen LogP contribution < -0.4 is 9.30 Å². The Morgan fingerprint density at radius 1 is 0.631 bits per heavy atom. The van der Waals surface area contributed by atoms with Crippen LogP contribution in [0, 0.1) is 12.2 Å². The lowest BCUT2D eigenvalue weighted by Gasteiger charge is -2.27. The smallest absolute Gasteiger partial charge is 0.269 e.